The van der Waals surface area contributed by atoms with Crippen LogP contribution in [0.2, 0.25) is 0 Å². The number of nitrogens with zero attached hydrogens (tertiary/aromatic N) is 5. The monoisotopic (exact) mass is 522 g/mol. The fourth-order valence-electron chi connectivity index (χ4n) is 6.00. The predicted molar refractivity (Wildman–Crippen MR) is 139 cm³/mol. The molecule has 2 aromatic rings. The molecule has 0 unspecified atom stereocenters. The largest absolute Gasteiger partial charge is 0.494 e. The number of carbonyl (C=O) groups excluding carboxylic acids is 3. The van der Waals surface area contributed by atoms with Crippen LogP contribution < -0.4 is 16.1 Å². The van der Waals surface area contributed by atoms with Crippen molar-refractivity contribution in [3.8, 4) is 5.88 Å². The number of nitrogens with one attached hydrogen (secondary N) is 1. The number of anilines is 1. The number of rotatable bonds is 2. The van der Waals surface area contributed by atoms with Crippen molar-refractivity contribution in [3.63, 3.8) is 0 Å². The molecule has 3 aliphatic heterocycles. The first-order valence-corrected chi connectivity index (χ1v) is 12.4. The highest BCUT2D eigenvalue weighted by Gasteiger charge is 2.63. The number of urea groups is 1. The average molecular weight is 523 g/mol. The molecule has 4 heterocycles. The summed E-state index contributed by atoms with van der Waals surface area (Å²) in [5.74, 6) is -1.52. The molecule has 12 heteroatoms. The molecule has 5 rings (SSSR count). The van der Waals surface area contributed by atoms with E-state index >= 15 is 0 Å². The second kappa shape index (κ2) is 8.40. The van der Waals surface area contributed by atoms with Crippen molar-refractivity contribution in [2.75, 3.05) is 25.5 Å². The molecule has 2 N–H and O–H groups in total. The number of hydrogen-bond donors (Lipinski definition) is 2. The Balaban J connectivity index is 1.58. The third-order valence-electron chi connectivity index (χ3n) is 7.74. The van der Waals surface area contributed by atoms with Gasteiger partial charge in [-0.2, -0.15) is 0 Å². The second-order valence-electron chi connectivity index (χ2n) is 11.1. The number of carbonyl (C=O) groups is 3. The van der Waals surface area contributed by atoms with Crippen LogP contribution in [0.5, 0.6) is 5.88 Å². The molecular formula is C26H30N6O6. The molecule has 200 valence electrons. The van der Waals surface area contributed by atoms with Gasteiger partial charge in [0.25, 0.3) is 5.56 Å². The molecule has 38 heavy (non-hydrogen) atoms. The molecule has 2 saturated heterocycles. The van der Waals surface area contributed by atoms with Crippen LogP contribution in [0.15, 0.2) is 32.8 Å². The van der Waals surface area contributed by atoms with Gasteiger partial charge in [-0.25, -0.2) is 9.59 Å². The normalized spacial score (nSPS) is 21.0. The third-order valence-corrected chi connectivity index (χ3v) is 7.74. The van der Waals surface area contributed by atoms with Crippen LogP contribution >= 0.6 is 0 Å². The number of fused-ring (bicyclic) bond motifs is 4. The van der Waals surface area contributed by atoms with Crippen molar-refractivity contribution in [3.05, 3.63) is 50.2 Å². The Kier molecular flexibility index (Phi) is 5.62. The van der Waals surface area contributed by atoms with Crippen molar-refractivity contribution in [2.45, 2.75) is 51.6 Å². The van der Waals surface area contributed by atoms with Crippen LogP contribution in [0.1, 0.15) is 44.7 Å². The Morgan fingerprint density at radius 3 is 2.37 bits per heavy atom. The predicted octanol–water partition coefficient (Wildman–Crippen LogP) is 1.31. The summed E-state index contributed by atoms with van der Waals surface area (Å²) in [4.78, 5) is 74.9. The molecule has 0 radical (unpaired) electrons. The number of aromatic hydroxyl groups is 1. The highest BCUT2D eigenvalue weighted by Crippen LogP contribution is 2.49. The van der Waals surface area contributed by atoms with Crippen molar-refractivity contribution in [2.24, 2.45) is 10.4 Å². The minimum atomic E-state index is -1.43. The smallest absolute Gasteiger partial charge is 0.332 e. The Labute approximate surface area is 218 Å². The average Bonchev–Trinajstić information content (AvgIpc) is 3.34. The van der Waals surface area contributed by atoms with Gasteiger partial charge in [0, 0.05) is 38.1 Å². The fraction of sp³-hybridized carbons (Fsp3) is 0.462. The SMILES string of the molecule is CN1C(=O)N(C)C(=O)C2(Cc3cc(N=Cc4c(O)n(C(C)(C)C)c(=O)[nH]c4=O)ccc3N3CCC[C@@H]32)C1=O. The zero-order valence-corrected chi connectivity index (χ0v) is 21.9. The lowest BCUT2D eigenvalue weighted by atomic mass is 9.68. The first-order valence-electron chi connectivity index (χ1n) is 12.4. The lowest BCUT2D eigenvalue weighted by molar-refractivity contribution is -0.159. The zero-order chi connectivity index (χ0) is 27.7. The second-order valence-corrected chi connectivity index (χ2v) is 11.1. The van der Waals surface area contributed by atoms with E-state index < -0.39 is 45.9 Å². The summed E-state index contributed by atoms with van der Waals surface area (Å²) in [7, 11) is 2.79. The minimum absolute atomic E-state index is 0.104. The maximum absolute atomic E-state index is 13.5. The maximum atomic E-state index is 13.5. The van der Waals surface area contributed by atoms with Gasteiger partial charge in [0.15, 0.2) is 5.41 Å². The number of imide groups is 2. The summed E-state index contributed by atoms with van der Waals surface area (Å²) >= 11 is 0. The van der Waals surface area contributed by atoms with Crippen molar-refractivity contribution in [1.29, 1.82) is 0 Å². The van der Waals surface area contributed by atoms with E-state index in [9.17, 15) is 29.1 Å². The van der Waals surface area contributed by atoms with Crippen LogP contribution in [0.4, 0.5) is 16.2 Å². The van der Waals surface area contributed by atoms with Crippen LogP contribution in [-0.2, 0) is 21.5 Å². The Morgan fingerprint density at radius 2 is 1.74 bits per heavy atom. The van der Waals surface area contributed by atoms with Gasteiger partial charge in [-0.05, 0) is 63.8 Å². The van der Waals surface area contributed by atoms with Gasteiger partial charge < -0.3 is 10.0 Å². The molecule has 1 atom stereocenters. The van der Waals surface area contributed by atoms with Gasteiger partial charge in [0.05, 0.1) is 11.7 Å². The first-order chi connectivity index (χ1) is 17.8. The lowest BCUT2D eigenvalue weighted by Gasteiger charge is -2.50. The molecule has 12 nitrogen and oxygen atoms in total. The molecule has 1 aromatic carbocycles. The molecule has 1 aromatic heterocycles. The summed E-state index contributed by atoms with van der Waals surface area (Å²) in [6.45, 7) is 5.82. The molecule has 0 bridgehead atoms. The van der Waals surface area contributed by atoms with Gasteiger partial charge in [-0.15, -0.1) is 0 Å². The van der Waals surface area contributed by atoms with E-state index in [1.54, 1.807) is 32.9 Å². The topological polar surface area (TPSA) is 148 Å². The zero-order valence-electron chi connectivity index (χ0n) is 21.9. The summed E-state index contributed by atoms with van der Waals surface area (Å²) in [6.07, 6.45) is 2.75. The number of aromatic nitrogens is 2. The maximum Gasteiger partial charge on any atom is 0.332 e. The fourth-order valence-corrected chi connectivity index (χ4v) is 6.00. The van der Waals surface area contributed by atoms with Gasteiger partial charge in [-0.3, -0.25) is 38.7 Å². The molecule has 4 amide bonds. The number of benzene rings is 1. The highest BCUT2D eigenvalue weighted by molar-refractivity contribution is 6.20. The standard InChI is InChI=1S/C26H30N6O6/c1-25(2,3)32-20(34)16(19(33)28-23(32)37)13-27-15-8-9-17-14(11-15)12-26(18-7-6-10-31(17)18)21(35)29(4)24(38)30(5)22(26)36/h8-9,11,13,18,34H,6-7,10,12H2,1-5H3,(H,28,33,37)/t18-/m1/s1. The van der Waals surface area contributed by atoms with Gasteiger partial charge in [-0.1, -0.05) is 0 Å². The van der Waals surface area contributed by atoms with E-state index in [4.69, 9.17) is 0 Å². The van der Waals surface area contributed by atoms with Gasteiger partial charge >= 0.3 is 11.7 Å². The lowest BCUT2D eigenvalue weighted by Crippen LogP contribution is -2.70. The van der Waals surface area contributed by atoms with Crippen molar-refractivity contribution < 1.29 is 19.5 Å². The van der Waals surface area contributed by atoms with Crippen LogP contribution in [-0.4, -0.2) is 75.2 Å². The van der Waals surface area contributed by atoms with E-state index in [2.05, 4.69) is 14.9 Å². The Morgan fingerprint density at radius 1 is 1.08 bits per heavy atom. The summed E-state index contributed by atoms with van der Waals surface area (Å²) in [6, 6.07) is 4.34. The molecular weight excluding hydrogens is 492 g/mol. The van der Waals surface area contributed by atoms with Crippen molar-refractivity contribution >= 4 is 35.4 Å². The first kappa shape index (κ1) is 25.4. The van der Waals surface area contributed by atoms with E-state index in [1.807, 2.05) is 6.07 Å². The summed E-state index contributed by atoms with van der Waals surface area (Å²) in [5, 5.41) is 10.7. The highest BCUT2D eigenvalue weighted by atomic mass is 16.3. The van der Waals surface area contributed by atoms with Gasteiger partial charge in [0.1, 0.15) is 5.56 Å². The minimum Gasteiger partial charge on any atom is -0.494 e. The number of barbiturate groups is 1. The Bertz CT molecular complexity index is 1510. The molecule has 0 aliphatic carbocycles. The molecule has 3 aliphatic rings. The van der Waals surface area contributed by atoms with Crippen molar-refractivity contribution in [1.82, 2.24) is 19.4 Å². The van der Waals surface area contributed by atoms with E-state index in [1.165, 1.54) is 20.3 Å². The number of H-pyrrole nitrogens is 1. The van der Waals surface area contributed by atoms with Gasteiger partial charge in [0.2, 0.25) is 17.7 Å². The van der Waals surface area contributed by atoms with Crippen LogP contribution in [0.25, 0.3) is 0 Å². The molecule has 2 fully saturated rings. The van der Waals surface area contributed by atoms with Crippen LogP contribution in [0, 0.1) is 5.41 Å². The van der Waals surface area contributed by atoms with Crippen LogP contribution in [0.3, 0.4) is 0 Å². The van der Waals surface area contributed by atoms with E-state index in [-0.39, 0.29) is 18.0 Å². The summed E-state index contributed by atoms with van der Waals surface area (Å²) < 4.78 is 1.08. The number of aliphatic imine (C=N–C) groups is 1. The Hall–Kier alpha value is -4.22. The quantitative estimate of drug-likeness (QED) is 0.446. The van der Waals surface area contributed by atoms with E-state index in [0.717, 1.165) is 26.5 Å². The molecule has 0 saturated carbocycles. The van der Waals surface area contributed by atoms with E-state index in [0.29, 0.717) is 24.2 Å². The third kappa shape index (κ3) is 3.50. The number of hydrogen-bond acceptors (Lipinski definition) is 8. The summed E-state index contributed by atoms with van der Waals surface area (Å²) in [5.41, 5.74) is -1.86. The number of amides is 4. The molecule has 1 spiro atoms. The number of aromatic amines is 1.